The second-order valence-electron chi connectivity index (χ2n) is 2.27. The maximum absolute atomic E-state index is 10.2. The molecule has 0 aromatic rings. The summed E-state index contributed by atoms with van der Waals surface area (Å²) < 4.78 is 19.0. The third kappa shape index (κ3) is 9.69. The third-order valence-electron chi connectivity index (χ3n) is 0.981. The number of phosphoric acid groups is 1. The Morgan fingerprint density at radius 2 is 2.08 bits per heavy atom. The second kappa shape index (κ2) is 6.26. The number of hydrogen-bond donors (Lipinski definition) is 3. The summed E-state index contributed by atoms with van der Waals surface area (Å²) in [6.07, 6.45) is 0.448. The second-order valence-corrected chi connectivity index (χ2v) is 3.51. The molecule has 0 aliphatic rings. The van der Waals surface area contributed by atoms with Crippen LogP contribution in [0.15, 0.2) is 12.7 Å². The van der Waals surface area contributed by atoms with E-state index in [0.717, 1.165) is 0 Å². The van der Waals surface area contributed by atoms with Gasteiger partial charge in [-0.1, -0.05) is 6.08 Å². The highest BCUT2D eigenvalue weighted by Crippen LogP contribution is 2.35. The normalized spacial score (nSPS) is 14.1. The number of phosphoric ester groups is 1. The van der Waals surface area contributed by atoms with Crippen LogP contribution in [-0.2, 0) is 13.8 Å². The Labute approximate surface area is 76.0 Å². The maximum Gasteiger partial charge on any atom is 0.469 e. The predicted molar refractivity (Wildman–Crippen MR) is 45.0 cm³/mol. The van der Waals surface area contributed by atoms with Crippen LogP contribution in [0.4, 0.5) is 0 Å². The minimum absolute atomic E-state index is 0.0496. The summed E-state index contributed by atoms with van der Waals surface area (Å²) >= 11 is 0. The molecule has 0 radical (unpaired) electrons. The van der Waals surface area contributed by atoms with E-state index in [1.54, 1.807) is 0 Å². The Hall–Kier alpha value is -0.230. The van der Waals surface area contributed by atoms with Crippen LogP contribution in [0, 0.1) is 0 Å². The van der Waals surface area contributed by atoms with Crippen molar-refractivity contribution in [2.45, 2.75) is 6.10 Å². The fourth-order valence-electron chi connectivity index (χ4n) is 0.519. The molecule has 0 rings (SSSR count). The maximum atomic E-state index is 10.2. The van der Waals surface area contributed by atoms with E-state index in [-0.39, 0.29) is 13.2 Å². The fourth-order valence-corrected chi connectivity index (χ4v) is 0.885. The molecule has 1 unspecified atom stereocenters. The molecule has 0 aromatic heterocycles. The van der Waals surface area contributed by atoms with Gasteiger partial charge in [-0.3, -0.25) is 4.52 Å². The summed E-state index contributed by atoms with van der Waals surface area (Å²) in [6, 6.07) is 0. The summed E-state index contributed by atoms with van der Waals surface area (Å²) in [5, 5.41) is 9.01. The van der Waals surface area contributed by atoms with Crippen LogP contribution in [0.25, 0.3) is 0 Å². The Morgan fingerprint density at radius 1 is 1.46 bits per heavy atom. The highest BCUT2D eigenvalue weighted by molar-refractivity contribution is 7.46. The van der Waals surface area contributed by atoms with Crippen molar-refractivity contribution in [2.24, 2.45) is 0 Å². The zero-order valence-corrected chi connectivity index (χ0v) is 7.89. The quantitative estimate of drug-likeness (QED) is 0.303. The highest BCUT2D eigenvalue weighted by Gasteiger charge is 2.16. The van der Waals surface area contributed by atoms with Crippen molar-refractivity contribution < 1.29 is 28.7 Å². The first-order valence-electron chi connectivity index (χ1n) is 3.52. The van der Waals surface area contributed by atoms with E-state index >= 15 is 0 Å². The van der Waals surface area contributed by atoms with E-state index in [0.29, 0.717) is 0 Å². The minimum atomic E-state index is -4.49. The molecule has 0 heterocycles. The van der Waals surface area contributed by atoms with Gasteiger partial charge in [-0.2, -0.15) is 0 Å². The van der Waals surface area contributed by atoms with Gasteiger partial charge in [0.05, 0.1) is 19.8 Å². The molecule has 0 spiro atoms. The molecule has 0 aliphatic heterocycles. The molecule has 1 atom stereocenters. The summed E-state index contributed by atoms with van der Waals surface area (Å²) in [5.41, 5.74) is 0. The van der Waals surface area contributed by atoms with E-state index in [1.807, 2.05) is 0 Å². The predicted octanol–water partition coefficient (Wildman–Crippen LogP) is -0.341. The summed E-state index contributed by atoms with van der Waals surface area (Å²) in [5.74, 6) is 0. The lowest BCUT2D eigenvalue weighted by molar-refractivity contribution is 0.0140. The standard InChI is InChI=1S/C6H13O6P/c1-2-3-11-4-6(7)5-12-13(8,9)10/h2,6-7H,1,3-5H2,(H2,8,9,10). The average molecular weight is 212 g/mol. The van der Waals surface area contributed by atoms with Gasteiger partial charge in [0.15, 0.2) is 0 Å². The van der Waals surface area contributed by atoms with Crippen molar-refractivity contribution in [2.75, 3.05) is 19.8 Å². The van der Waals surface area contributed by atoms with Crippen LogP contribution in [0.3, 0.4) is 0 Å². The van der Waals surface area contributed by atoms with Crippen LogP contribution in [-0.4, -0.2) is 40.8 Å². The van der Waals surface area contributed by atoms with E-state index in [1.165, 1.54) is 6.08 Å². The number of aliphatic hydroxyl groups is 1. The average Bonchev–Trinajstić information content (AvgIpc) is 2.00. The van der Waals surface area contributed by atoms with Gasteiger partial charge >= 0.3 is 7.82 Å². The smallest absolute Gasteiger partial charge is 0.388 e. The lowest BCUT2D eigenvalue weighted by Crippen LogP contribution is -2.21. The van der Waals surface area contributed by atoms with Crippen molar-refractivity contribution >= 4 is 7.82 Å². The number of aliphatic hydroxyl groups excluding tert-OH is 1. The van der Waals surface area contributed by atoms with Gasteiger partial charge in [-0.05, 0) is 0 Å². The van der Waals surface area contributed by atoms with E-state index in [2.05, 4.69) is 11.1 Å². The van der Waals surface area contributed by atoms with Gasteiger partial charge in [0, 0.05) is 0 Å². The van der Waals surface area contributed by atoms with E-state index in [9.17, 15) is 4.57 Å². The lowest BCUT2D eigenvalue weighted by atomic mass is 10.4. The van der Waals surface area contributed by atoms with E-state index < -0.39 is 20.5 Å². The third-order valence-corrected chi connectivity index (χ3v) is 1.47. The van der Waals surface area contributed by atoms with Gasteiger partial charge in [-0.15, -0.1) is 6.58 Å². The largest absolute Gasteiger partial charge is 0.469 e. The van der Waals surface area contributed by atoms with Crippen molar-refractivity contribution in [3.63, 3.8) is 0 Å². The van der Waals surface area contributed by atoms with Crippen LogP contribution in [0.1, 0.15) is 0 Å². The molecule has 7 heteroatoms. The SMILES string of the molecule is C=CCOCC(O)COP(=O)(O)O. The zero-order chi connectivity index (χ0) is 10.3. The number of hydrogen-bond acceptors (Lipinski definition) is 4. The van der Waals surface area contributed by atoms with Crippen LogP contribution >= 0.6 is 7.82 Å². The molecular weight excluding hydrogens is 199 g/mol. The highest BCUT2D eigenvalue weighted by atomic mass is 31.2. The van der Waals surface area contributed by atoms with Crippen LogP contribution in [0.5, 0.6) is 0 Å². The van der Waals surface area contributed by atoms with Gasteiger partial charge in [-0.25, -0.2) is 4.57 Å². The summed E-state index contributed by atoms with van der Waals surface area (Å²) in [7, 11) is -4.49. The first kappa shape index (κ1) is 12.8. The first-order chi connectivity index (χ1) is 5.95. The monoisotopic (exact) mass is 212 g/mol. The molecular formula is C6H13O6P. The summed E-state index contributed by atoms with van der Waals surface area (Å²) in [4.78, 5) is 16.5. The summed E-state index contributed by atoms with van der Waals surface area (Å²) in [6.45, 7) is 3.14. The zero-order valence-electron chi connectivity index (χ0n) is 7.00. The van der Waals surface area contributed by atoms with Crippen molar-refractivity contribution in [1.29, 1.82) is 0 Å². The molecule has 0 bridgehead atoms. The molecule has 0 fully saturated rings. The number of ether oxygens (including phenoxy) is 1. The topological polar surface area (TPSA) is 96.2 Å². The van der Waals surface area contributed by atoms with Gasteiger partial charge < -0.3 is 19.6 Å². The molecule has 78 valence electrons. The molecule has 0 aliphatic carbocycles. The molecule has 6 nitrogen and oxygen atoms in total. The van der Waals surface area contributed by atoms with Gasteiger partial charge in [0.25, 0.3) is 0 Å². The Morgan fingerprint density at radius 3 is 2.54 bits per heavy atom. The lowest BCUT2D eigenvalue weighted by Gasteiger charge is -2.11. The van der Waals surface area contributed by atoms with Gasteiger partial charge in [0.1, 0.15) is 6.10 Å². The van der Waals surface area contributed by atoms with Crippen molar-refractivity contribution in [3.8, 4) is 0 Å². The molecule has 13 heavy (non-hydrogen) atoms. The molecule has 0 saturated heterocycles. The first-order valence-corrected chi connectivity index (χ1v) is 5.05. The van der Waals surface area contributed by atoms with E-state index in [4.69, 9.17) is 19.6 Å². The molecule has 0 saturated carbocycles. The minimum Gasteiger partial charge on any atom is -0.388 e. The van der Waals surface area contributed by atoms with Gasteiger partial charge in [0.2, 0.25) is 0 Å². The fraction of sp³-hybridized carbons (Fsp3) is 0.667. The molecule has 0 amide bonds. The Bertz CT molecular complexity index is 188. The Kier molecular flexibility index (Phi) is 6.15. The number of rotatable bonds is 7. The van der Waals surface area contributed by atoms with Crippen LogP contribution < -0.4 is 0 Å². The Balaban J connectivity index is 3.45. The van der Waals surface area contributed by atoms with Crippen LogP contribution in [0.2, 0.25) is 0 Å². The van der Waals surface area contributed by atoms with Crippen molar-refractivity contribution in [3.05, 3.63) is 12.7 Å². The molecule has 3 N–H and O–H groups in total. The van der Waals surface area contributed by atoms with Crippen molar-refractivity contribution in [1.82, 2.24) is 0 Å². The molecule has 0 aromatic carbocycles.